The van der Waals surface area contributed by atoms with Crippen molar-refractivity contribution >= 4 is 16.8 Å². The topological polar surface area (TPSA) is 37.3 Å². The summed E-state index contributed by atoms with van der Waals surface area (Å²) < 4.78 is 66.3. The normalized spacial score (nSPS) is 14.8. The van der Waals surface area contributed by atoms with Crippen LogP contribution < -0.4 is 0 Å². The molecule has 0 aliphatic rings. The number of hydrogen-bond donors (Lipinski definition) is 1. The van der Waals surface area contributed by atoms with E-state index in [1.165, 1.54) is 6.08 Å². The van der Waals surface area contributed by atoms with Crippen molar-refractivity contribution in [3.63, 3.8) is 0 Å². The van der Waals surface area contributed by atoms with Gasteiger partial charge in [0.15, 0.2) is 0 Å². The Bertz CT molecular complexity index is 238. The first-order chi connectivity index (χ1) is 6.96. The quantitative estimate of drug-likeness (QED) is 0.487. The fourth-order valence-corrected chi connectivity index (χ4v) is 0.346. The van der Waals surface area contributed by atoms with Gasteiger partial charge in [0.1, 0.15) is 0 Å². The van der Waals surface area contributed by atoms with Crippen molar-refractivity contribution in [2.45, 2.75) is 24.9 Å². The Balaban J connectivity index is 0. The van der Waals surface area contributed by atoms with Crippen LogP contribution in [0, 0.1) is 0 Å². The van der Waals surface area contributed by atoms with E-state index in [9.17, 15) is 31.1 Å². The molecule has 9 heteroatoms. The molecule has 0 heterocycles. The van der Waals surface area contributed by atoms with Gasteiger partial charge in [-0.05, 0) is 11.6 Å². The Morgan fingerprint density at radius 3 is 1.75 bits per heavy atom. The van der Waals surface area contributed by atoms with Crippen molar-refractivity contribution in [1.29, 1.82) is 0 Å². The lowest BCUT2D eigenvalue weighted by atomic mass is 10.3. The smallest absolute Gasteiger partial charge is 0.350 e. The van der Waals surface area contributed by atoms with Gasteiger partial charge in [-0.2, -0.15) is 17.6 Å². The summed E-state index contributed by atoms with van der Waals surface area (Å²) >= 11 is 4.87. The molecule has 0 aromatic rings. The van der Waals surface area contributed by atoms with Gasteiger partial charge in [0.25, 0.3) is 0 Å². The molecule has 0 bridgehead atoms. The number of rotatable bonds is 3. The molecule has 0 aliphatic heterocycles. The molecule has 0 radical (unpaired) electrons. The van der Waals surface area contributed by atoms with E-state index in [0.29, 0.717) is 0 Å². The van der Waals surface area contributed by atoms with Crippen molar-refractivity contribution in [1.82, 2.24) is 0 Å². The third-order valence-corrected chi connectivity index (χ3v) is 1.15. The zero-order valence-electron chi connectivity index (χ0n) is 7.57. The minimum atomic E-state index is -5.94. The summed E-state index contributed by atoms with van der Waals surface area (Å²) in [6.07, 6.45) is -8.69. The van der Waals surface area contributed by atoms with Gasteiger partial charge in [0.2, 0.25) is 5.24 Å². The molecule has 1 atom stereocenters. The number of allylic oxidation sites excluding steroid dienone is 1. The minimum absolute atomic E-state index is 0.265. The molecule has 2 nitrogen and oxygen atoms in total. The summed E-state index contributed by atoms with van der Waals surface area (Å²) in [4.78, 5) is 9.74. The molecule has 1 N–H and O–H groups in total. The maximum Gasteiger partial charge on any atom is 0.454 e. The third kappa shape index (κ3) is 6.67. The molecule has 96 valence electrons. The summed E-state index contributed by atoms with van der Waals surface area (Å²) in [5, 5.41) is 7.03. The summed E-state index contributed by atoms with van der Waals surface area (Å²) in [5.74, 6) is -5.40. The maximum atomic E-state index is 11.4. The Kier molecular flexibility index (Phi) is 7.43. The Morgan fingerprint density at radius 2 is 1.75 bits per heavy atom. The first kappa shape index (κ1) is 17.6. The van der Waals surface area contributed by atoms with Gasteiger partial charge in [0, 0.05) is 6.42 Å². The largest absolute Gasteiger partial charge is 0.454 e. The van der Waals surface area contributed by atoms with E-state index in [4.69, 9.17) is 16.7 Å². The average Bonchev–Trinajstić information content (AvgIpc) is 2.02. The highest BCUT2D eigenvalue weighted by molar-refractivity contribution is 6.63. The number of hydrogen-bond acceptors (Lipinski definition) is 2. The molecule has 0 aromatic carbocycles. The van der Waals surface area contributed by atoms with E-state index in [0.717, 1.165) is 0 Å². The molecule has 0 aliphatic carbocycles. The zero-order chi connectivity index (χ0) is 13.6. The summed E-state index contributed by atoms with van der Waals surface area (Å²) in [5.41, 5.74) is 0. The lowest BCUT2D eigenvalue weighted by molar-refractivity contribution is -0.352. The van der Waals surface area contributed by atoms with Crippen LogP contribution in [-0.4, -0.2) is 28.8 Å². The van der Waals surface area contributed by atoms with Crippen LogP contribution in [0.3, 0.4) is 0 Å². The zero-order valence-corrected chi connectivity index (χ0v) is 8.33. The molecular weight excluding hydrogens is 266 g/mol. The predicted octanol–water partition coefficient (Wildman–Crippen LogP) is 2.80. The van der Waals surface area contributed by atoms with Gasteiger partial charge in [-0.1, -0.05) is 6.08 Å². The molecular formula is C7H7ClF6O2. The number of halogens is 7. The van der Waals surface area contributed by atoms with Gasteiger partial charge in [-0.25, -0.2) is 8.78 Å². The number of carbonyl (C=O) groups is 1. The lowest BCUT2D eigenvalue weighted by Gasteiger charge is -2.20. The van der Waals surface area contributed by atoms with Crippen molar-refractivity contribution in [2.24, 2.45) is 0 Å². The fourth-order valence-electron chi connectivity index (χ4n) is 0.237. The van der Waals surface area contributed by atoms with Crippen molar-refractivity contribution < 1.29 is 36.2 Å². The van der Waals surface area contributed by atoms with Crippen LogP contribution in [0.5, 0.6) is 0 Å². The van der Waals surface area contributed by atoms with Crippen LogP contribution in [0.15, 0.2) is 12.7 Å². The van der Waals surface area contributed by atoms with Gasteiger partial charge >= 0.3 is 18.5 Å². The number of carbonyl (C=O) groups excluding carboxylic acids is 1. The first-order valence-electron chi connectivity index (χ1n) is 3.52. The minimum Gasteiger partial charge on any atom is -0.350 e. The highest BCUT2D eigenvalue weighted by Gasteiger charge is 2.62. The summed E-state index contributed by atoms with van der Waals surface area (Å²) in [7, 11) is 0. The van der Waals surface area contributed by atoms with E-state index < -0.39 is 18.5 Å². The van der Waals surface area contributed by atoms with Crippen molar-refractivity contribution in [3.8, 4) is 0 Å². The van der Waals surface area contributed by atoms with Gasteiger partial charge in [-0.15, -0.1) is 6.58 Å². The van der Waals surface area contributed by atoms with Crippen LogP contribution in [0.4, 0.5) is 26.3 Å². The second-order valence-electron chi connectivity index (χ2n) is 2.32. The Hall–Kier alpha value is -0.760. The second-order valence-corrected chi connectivity index (χ2v) is 2.74. The average molecular weight is 273 g/mol. The monoisotopic (exact) mass is 272 g/mol. The highest BCUT2D eigenvalue weighted by atomic mass is 35.5. The van der Waals surface area contributed by atoms with Gasteiger partial charge in [0.05, 0.1) is 0 Å². The van der Waals surface area contributed by atoms with Crippen LogP contribution >= 0.6 is 11.6 Å². The van der Waals surface area contributed by atoms with Crippen molar-refractivity contribution in [2.75, 3.05) is 0 Å². The highest BCUT2D eigenvalue weighted by Crippen LogP contribution is 2.36. The molecule has 16 heavy (non-hydrogen) atoms. The Labute approximate surface area is 91.5 Å². The van der Waals surface area contributed by atoms with Crippen LogP contribution in [-0.2, 0) is 4.79 Å². The second kappa shape index (κ2) is 6.74. The molecule has 0 rings (SSSR count). The summed E-state index contributed by atoms with van der Waals surface area (Å²) in [6, 6.07) is 0. The van der Waals surface area contributed by atoms with Crippen molar-refractivity contribution in [3.05, 3.63) is 12.7 Å². The third-order valence-electron chi connectivity index (χ3n) is 0.992. The number of aliphatic hydroxyl groups is 1. The molecule has 0 aromatic heterocycles. The fraction of sp³-hybridized carbons (Fsp3) is 0.571. The molecule has 0 saturated heterocycles. The molecule has 1 unspecified atom stereocenters. The summed E-state index contributed by atoms with van der Waals surface area (Å²) in [6.45, 7) is 3.30. The lowest BCUT2D eigenvalue weighted by Crippen LogP contribution is -2.47. The number of alkyl halides is 6. The van der Waals surface area contributed by atoms with E-state index >= 15 is 0 Å². The SMILES string of the molecule is C=CCC(=O)Cl.OC(F)(C(F)F)C(F)(F)F. The van der Waals surface area contributed by atoms with Gasteiger partial charge in [-0.3, -0.25) is 4.79 Å². The first-order valence-corrected chi connectivity index (χ1v) is 3.90. The molecule has 0 saturated carbocycles. The van der Waals surface area contributed by atoms with Crippen LogP contribution in [0.25, 0.3) is 0 Å². The maximum absolute atomic E-state index is 11.4. The standard InChI is InChI=1S/C4H5ClO.C3H2F6O/c1-2-3-4(5)6;4-1(5)2(6,10)3(7,8)9/h2H,1,3H2;1,10H. The Morgan fingerprint density at radius 1 is 1.38 bits per heavy atom. The van der Waals surface area contributed by atoms with E-state index in [1.807, 2.05) is 0 Å². The van der Waals surface area contributed by atoms with Gasteiger partial charge < -0.3 is 5.11 Å². The predicted molar refractivity (Wildman–Crippen MR) is 43.8 cm³/mol. The van der Waals surface area contributed by atoms with Crippen LogP contribution in [0.2, 0.25) is 0 Å². The van der Waals surface area contributed by atoms with Crippen LogP contribution in [0.1, 0.15) is 6.42 Å². The molecule has 0 spiro atoms. The molecule has 0 fully saturated rings. The molecule has 0 amide bonds. The van der Waals surface area contributed by atoms with E-state index in [1.54, 1.807) is 0 Å². The van der Waals surface area contributed by atoms with E-state index in [-0.39, 0.29) is 11.7 Å². The van der Waals surface area contributed by atoms with E-state index in [2.05, 4.69) is 6.58 Å².